The Bertz CT molecular complexity index is 4110. The first-order valence-electron chi connectivity index (χ1n) is 23.8. The largest absolute Gasteiger partial charge is 0.455 e. The molecule has 4 nitrogen and oxygen atoms in total. The molecule has 0 atom stereocenters. The third kappa shape index (κ3) is 6.51. The lowest BCUT2D eigenvalue weighted by molar-refractivity contribution is 0.666. The second-order valence-corrected chi connectivity index (χ2v) is 18.9. The highest BCUT2D eigenvalue weighted by atomic mass is 16.3. The molecule has 13 rings (SSSR count). The van der Waals surface area contributed by atoms with Crippen LogP contribution >= 0.6 is 0 Å². The van der Waals surface area contributed by atoms with Gasteiger partial charge in [-0.1, -0.05) is 125 Å². The van der Waals surface area contributed by atoms with E-state index in [4.69, 9.17) is 8.83 Å². The lowest BCUT2D eigenvalue weighted by Gasteiger charge is -2.26. The van der Waals surface area contributed by atoms with Gasteiger partial charge in [-0.05, 0) is 164 Å². The fourth-order valence-corrected chi connectivity index (χ4v) is 10.5. The molecule has 4 heteroatoms. The van der Waals surface area contributed by atoms with Crippen LogP contribution in [0.4, 0.5) is 34.1 Å². The van der Waals surface area contributed by atoms with Crippen molar-refractivity contribution in [1.29, 1.82) is 0 Å². The molecule has 0 N–H and O–H groups in total. The van der Waals surface area contributed by atoms with Crippen LogP contribution in [0.1, 0.15) is 50.7 Å². The Morgan fingerprint density at radius 3 is 1.19 bits per heavy atom. The molecule has 2 heterocycles. The molecule has 0 aliphatic carbocycles. The zero-order valence-corrected chi connectivity index (χ0v) is 38.5. The zero-order valence-electron chi connectivity index (χ0n) is 38.5. The van der Waals surface area contributed by atoms with Gasteiger partial charge in [0.2, 0.25) is 0 Å². The Morgan fingerprint density at radius 1 is 0.294 bits per heavy atom. The smallest absolute Gasteiger partial charge is 0.147 e. The van der Waals surface area contributed by atoms with E-state index in [1.165, 1.54) is 32.7 Å². The third-order valence-corrected chi connectivity index (χ3v) is 14.1. The van der Waals surface area contributed by atoms with Gasteiger partial charge in [0.1, 0.15) is 22.3 Å². The van der Waals surface area contributed by atoms with Gasteiger partial charge in [0, 0.05) is 61.1 Å². The number of furan rings is 2. The molecule has 68 heavy (non-hydrogen) atoms. The van der Waals surface area contributed by atoms with Crippen LogP contribution in [0.15, 0.2) is 215 Å². The van der Waals surface area contributed by atoms with Crippen molar-refractivity contribution in [1.82, 2.24) is 0 Å². The predicted molar refractivity (Wildman–Crippen MR) is 289 cm³/mol. The Morgan fingerprint density at radius 2 is 0.676 bits per heavy atom. The van der Waals surface area contributed by atoms with Gasteiger partial charge in [0.25, 0.3) is 0 Å². The highest BCUT2D eigenvalue weighted by Crippen LogP contribution is 2.46. The van der Waals surface area contributed by atoms with Crippen molar-refractivity contribution in [2.24, 2.45) is 0 Å². The summed E-state index contributed by atoms with van der Waals surface area (Å²) in [6.07, 6.45) is 0. The van der Waals surface area contributed by atoms with Crippen LogP contribution in [0.2, 0.25) is 0 Å². The van der Waals surface area contributed by atoms with Gasteiger partial charge in [-0.2, -0.15) is 0 Å². The van der Waals surface area contributed by atoms with Crippen LogP contribution < -0.4 is 9.80 Å². The highest BCUT2D eigenvalue weighted by Gasteiger charge is 2.21. The summed E-state index contributed by atoms with van der Waals surface area (Å²) in [7, 11) is 0. The van der Waals surface area contributed by atoms with Crippen molar-refractivity contribution < 1.29 is 8.83 Å². The molecular weight excluding hydrogens is 829 g/mol. The molecule has 0 saturated carbocycles. The second-order valence-electron chi connectivity index (χ2n) is 18.9. The van der Waals surface area contributed by atoms with Crippen molar-refractivity contribution in [2.45, 2.75) is 39.5 Å². The van der Waals surface area contributed by atoms with Crippen LogP contribution in [-0.4, -0.2) is 0 Å². The summed E-state index contributed by atoms with van der Waals surface area (Å²) < 4.78 is 13.8. The summed E-state index contributed by atoms with van der Waals surface area (Å²) in [6.45, 7) is 8.99. The first-order valence-corrected chi connectivity index (χ1v) is 23.8. The van der Waals surface area contributed by atoms with E-state index in [-0.39, 0.29) is 0 Å². The molecule has 326 valence electrons. The quantitative estimate of drug-likeness (QED) is 0.152. The summed E-state index contributed by atoms with van der Waals surface area (Å²) in [6, 6.07) is 75.0. The van der Waals surface area contributed by atoms with Gasteiger partial charge < -0.3 is 18.6 Å². The minimum atomic E-state index is 0.481. The number of hydrogen-bond acceptors (Lipinski definition) is 4. The molecule has 0 radical (unpaired) electrons. The molecule has 0 bridgehead atoms. The van der Waals surface area contributed by atoms with E-state index in [0.29, 0.717) is 11.8 Å². The Kier molecular flexibility index (Phi) is 9.20. The normalized spacial score (nSPS) is 12.1. The van der Waals surface area contributed by atoms with E-state index >= 15 is 0 Å². The van der Waals surface area contributed by atoms with Crippen molar-refractivity contribution >= 4 is 121 Å². The number of rotatable bonds is 8. The Labute approximate surface area is 394 Å². The van der Waals surface area contributed by atoms with E-state index in [9.17, 15) is 0 Å². The van der Waals surface area contributed by atoms with E-state index in [1.807, 2.05) is 0 Å². The van der Waals surface area contributed by atoms with Crippen molar-refractivity contribution in [2.75, 3.05) is 9.80 Å². The van der Waals surface area contributed by atoms with Crippen molar-refractivity contribution in [3.05, 3.63) is 217 Å². The summed E-state index contributed by atoms with van der Waals surface area (Å²) in [5, 5.41) is 13.5. The molecule has 0 aliphatic rings. The molecule has 2 aromatic heterocycles. The summed E-state index contributed by atoms with van der Waals surface area (Å²) in [4.78, 5) is 4.69. The van der Waals surface area contributed by atoms with Crippen LogP contribution in [0.3, 0.4) is 0 Å². The number of hydrogen-bond donors (Lipinski definition) is 0. The average molecular weight is 877 g/mol. The number of anilines is 6. The van der Waals surface area contributed by atoms with Gasteiger partial charge in [0.05, 0.1) is 5.39 Å². The molecule has 0 amide bonds. The summed E-state index contributed by atoms with van der Waals surface area (Å²) in [5.74, 6) is 0.962. The molecule has 0 spiro atoms. The van der Waals surface area contributed by atoms with Crippen LogP contribution in [-0.2, 0) is 0 Å². The lowest BCUT2D eigenvalue weighted by Crippen LogP contribution is -2.09. The summed E-state index contributed by atoms with van der Waals surface area (Å²) in [5.41, 5.74) is 12.7. The van der Waals surface area contributed by atoms with E-state index < -0.39 is 0 Å². The molecule has 0 saturated heterocycles. The van der Waals surface area contributed by atoms with Crippen molar-refractivity contribution in [3.63, 3.8) is 0 Å². The number of nitrogens with zero attached hydrogens (tertiary/aromatic N) is 2. The average Bonchev–Trinajstić information content (AvgIpc) is 3.96. The topological polar surface area (TPSA) is 32.8 Å². The maximum absolute atomic E-state index is 7.02. The van der Waals surface area contributed by atoms with Crippen LogP contribution in [0.25, 0.3) is 87.0 Å². The van der Waals surface area contributed by atoms with Crippen molar-refractivity contribution in [3.8, 4) is 0 Å². The highest BCUT2D eigenvalue weighted by molar-refractivity contribution is 6.27. The van der Waals surface area contributed by atoms with E-state index in [2.05, 4.69) is 244 Å². The monoisotopic (exact) mass is 876 g/mol. The maximum atomic E-state index is 7.02. The molecule has 13 aromatic rings. The SMILES string of the molecule is CC(C)c1ccc2cc(N(c3ccccc3)c3ccc4c(ccc5c6ccc7oc8c9ccc(N(c%10ccccc%10)c%10ccc%11cc(C(C)C)ccc%11c%10)cc9ccc8c7c6oc45)c3)ccc2c1. The van der Waals surface area contributed by atoms with Crippen LogP contribution in [0, 0.1) is 0 Å². The second kappa shape index (κ2) is 15.6. The third-order valence-electron chi connectivity index (χ3n) is 14.1. The van der Waals surface area contributed by atoms with Gasteiger partial charge >= 0.3 is 0 Å². The van der Waals surface area contributed by atoms with Gasteiger partial charge in [0.15, 0.2) is 0 Å². The number of fused-ring (bicyclic) bond motifs is 13. The van der Waals surface area contributed by atoms with Gasteiger partial charge in [-0.3, -0.25) is 0 Å². The maximum Gasteiger partial charge on any atom is 0.147 e. The first-order chi connectivity index (χ1) is 33.3. The number of benzene rings is 11. The van der Waals surface area contributed by atoms with Gasteiger partial charge in [-0.25, -0.2) is 0 Å². The minimum absolute atomic E-state index is 0.481. The Balaban J connectivity index is 0.905. The fraction of sp³-hybridized carbons (Fsp3) is 0.0938. The first kappa shape index (κ1) is 40.0. The molecule has 11 aromatic carbocycles. The Hall–Kier alpha value is -8.34. The standard InChI is InChI=1S/C64H48N2O2/c1-39(2)41-15-17-45-35-51(23-19-43(45)33-41)65(49-11-7-5-8-12-49)53-25-29-55-47(37-53)21-27-57-58-31-32-60-61(64(58)68-62(55)57)59-28-22-48-38-54(26-30-56(48)63(59)67-60)66(50-13-9-6-10-14-50)52-24-20-44-34-42(40(3)4)16-18-46(44)36-52/h5-40H,1-4H3. The van der Waals surface area contributed by atoms with E-state index in [1.54, 1.807) is 0 Å². The molecular formula is C64H48N2O2. The van der Waals surface area contributed by atoms with Crippen LogP contribution in [0.5, 0.6) is 0 Å². The van der Waals surface area contributed by atoms with Gasteiger partial charge in [-0.15, -0.1) is 0 Å². The molecule has 0 aliphatic heterocycles. The predicted octanol–water partition coefficient (Wildman–Crippen LogP) is 19.3. The molecule has 0 fully saturated rings. The fourth-order valence-electron chi connectivity index (χ4n) is 10.5. The lowest BCUT2D eigenvalue weighted by atomic mass is 9.98. The minimum Gasteiger partial charge on any atom is -0.455 e. The summed E-state index contributed by atoms with van der Waals surface area (Å²) >= 11 is 0. The zero-order chi connectivity index (χ0) is 45.6. The molecule has 0 unspecified atom stereocenters. The van der Waals surface area contributed by atoms with E-state index in [0.717, 1.165) is 99.5 Å². The number of para-hydroxylation sites is 2.